The van der Waals surface area contributed by atoms with Crippen molar-refractivity contribution in [3.63, 3.8) is 0 Å². The lowest BCUT2D eigenvalue weighted by atomic mass is 10.0. The van der Waals surface area contributed by atoms with E-state index in [1.54, 1.807) is 7.11 Å². The van der Waals surface area contributed by atoms with Crippen molar-refractivity contribution in [3.8, 4) is 5.75 Å². The molecule has 0 amide bonds. The molecule has 1 N–H and O–H groups in total. The fourth-order valence-electron chi connectivity index (χ4n) is 1.50. The van der Waals surface area contributed by atoms with Gasteiger partial charge in [-0.15, -0.1) is 0 Å². The summed E-state index contributed by atoms with van der Waals surface area (Å²) in [5.41, 5.74) is 2.68. The average Bonchev–Trinajstić information content (AvgIpc) is 2.11. The minimum absolute atomic E-state index is 0.0106. The van der Waals surface area contributed by atoms with Crippen molar-refractivity contribution >= 4 is 5.97 Å². The fraction of sp³-hybridized carbons (Fsp3) is 0.364. The first-order valence-electron chi connectivity index (χ1n) is 4.41. The summed E-state index contributed by atoms with van der Waals surface area (Å²) in [6, 6.07) is 3.84. The molecule has 3 heteroatoms. The number of carbonyl (C=O) groups is 1. The van der Waals surface area contributed by atoms with E-state index < -0.39 is 5.97 Å². The molecule has 1 rings (SSSR count). The van der Waals surface area contributed by atoms with E-state index in [1.165, 1.54) is 0 Å². The molecule has 0 spiro atoms. The zero-order valence-electron chi connectivity index (χ0n) is 8.63. The van der Waals surface area contributed by atoms with Gasteiger partial charge in [0, 0.05) is 5.56 Å². The molecule has 76 valence electrons. The lowest BCUT2D eigenvalue weighted by molar-refractivity contribution is -0.136. The predicted octanol–water partition coefficient (Wildman–Crippen LogP) is 1.94. The van der Waals surface area contributed by atoms with Crippen LogP contribution >= 0.6 is 0 Å². The van der Waals surface area contributed by atoms with Gasteiger partial charge in [-0.25, -0.2) is 0 Å². The zero-order valence-corrected chi connectivity index (χ0v) is 8.63. The molecule has 0 radical (unpaired) electrons. The summed E-state index contributed by atoms with van der Waals surface area (Å²) in [5.74, 6) is -0.149. The van der Waals surface area contributed by atoms with Crippen LogP contribution in [0.25, 0.3) is 0 Å². The van der Waals surface area contributed by atoms with E-state index in [1.807, 2.05) is 26.0 Å². The third-order valence-corrected chi connectivity index (χ3v) is 2.22. The van der Waals surface area contributed by atoms with Gasteiger partial charge in [-0.1, -0.05) is 12.1 Å². The topological polar surface area (TPSA) is 46.5 Å². The van der Waals surface area contributed by atoms with E-state index in [0.29, 0.717) is 5.75 Å². The van der Waals surface area contributed by atoms with Crippen LogP contribution < -0.4 is 4.74 Å². The zero-order chi connectivity index (χ0) is 10.7. The fourth-order valence-corrected chi connectivity index (χ4v) is 1.50. The quantitative estimate of drug-likeness (QED) is 0.799. The van der Waals surface area contributed by atoms with Gasteiger partial charge in [-0.3, -0.25) is 4.79 Å². The summed E-state index contributed by atoms with van der Waals surface area (Å²) in [6.07, 6.45) is 0.0106. The third-order valence-electron chi connectivity index (χ3n) is 2.22. The molecule has 0 heterocycles. The first-order valence-corrected chi connectivity index (χ1v) is 4.41. The van der Waals surface area contributed by atoms with Gasteiger partial charge >= 0.3 is 5.97 Å². The molecule has 0 saturated heterocycles. The highest BCUT2D eigenvalue weighted by atomic mass is 16.5. The van der Waals surface area contributed by atoms with E-state index in [2.05, 4.69) is 0 Å². The number of rotatable bonds is 3. The second-order valence-corrected chi connectivity index (χ2v) is 3.28. The molecule has 0 fully saturated rings. The first-order chi connectivity index (χ1) is 6.56. The molecule has 14 heavy (non-hydrogen) atoms. The van der Waals surface area contributed by atoms with E-state index >= 15 is 0 Å². The number of aryl methyl sites for hydroxylation is 2. The van der Waals surface area contributed by atoms with Crippen molar-refractivity contribution in [1.29, 1.82) is 0 Å². The molecule has 0 aliphatic heterocycles. The largest absolute Gasteiger partial charge is 0.496 e. The van der Waals surface area contributed by atoms with E-state index in [0.717, 1.165) is 16.7 Å². The van der Waals surface area contributed by atoms with Crippen molar-refractivity contribution in [1.82, 2.24) is 0 Å². The highest BCUT2D eigenvalue weighted by Gasteiger charge is 2.12. The summed E-state index contributed by atoms with van der Waals surface area (Å²) >= 11 is 0. The van der Waals surface area contributed by atoms with Gasteiger partial charge in [0.15, 0.2) is 0 Å². The van der Waals surface area contributed by atoms with E-state index in [9.17, 15) is 4.79 Å². The number of ether oxygens (including phenoxy) is 1. The van der Waals surface area contributed by atoms with Crippen LogP contribution in [0.5, 0.6) is 5.75 Å². The maximum Gasteiger partial charge on any atom is 0.307 e. The highest BCUT2D eigenvalue weighted by Crippen LogP contribution is 2.26. The second kappa shape index (κ2) is 4.13. The number of hydrogen-bond acceptors (Lipinski definition) is 2. The molecule has 1 aromatic carbocycles. The molecule has 0 saturated carbocycles. The van der Waals surface area contributed by atoms with Crippen LogP contribution in [0.1, 0.15) is 16.7 Å². The minimum atomic E-state index is -0.836. The van der Waals surface area contributed by atoms with Crippen LogP contribution in [-0.2, 0) is 11.2 Å². The molecule has 0 unspecified atom stereocenters. The first kappa shape index (κ1) is 10.6. The lowest BCUT2D eigenvalue weighted by Gasteiger charge is -2.12. The number of benzene rings is 1. The Morgan fingerprint density at radius 2 is 1.93 bits per heavy atom. The van der Waals surface area contributed by atoms with Crippen molar-refractivity contribution in [3.05, 3.63) is 28.8 Å². The molecule has 0 aliphatic rings. The number of methoxy groups -OCH3 is 1. The number of carboxylic acids is 1. The lowest BCUT2D eigenvalue weighted by Crippen LogP contribution is -2.05. The van der Waals surface area contributed by atoms with Crippen LogP contribution in [0.3, 0.4) is 0 Å². The maximum atomic E-state index is 10.6. The van der Waals surface area contributed by atoms with Gasteiger partial charge in [0.2, 0.25) is 0 Å². The summed E-state index contributed by atoms with van der Waals surface area (Å²) in [6.45, 7) is 3.80. The Labute approximate surface area is 83.3 Å². The van der Waals surface area contributed by atoms with Crippen molar-refractivity contribution in [2.24, 2.45) is 0 Å². The van der Waals surface area contributed by atoms with Crippen LogP contribution in [0.15, 0.2) is 12.1 Å². The van der Waals surface area contributed by atoms with Crippen molar-refractivity contribution < 1.29 is 14.6 Å². The maximum absolute atomic E-state index is 10.6. The van der Waals surface area contributed by atoms with Crippen LogP contribution in [-0.4, -0.2) is 18.2 Å². The Bertz CT molecular complexity index is 356. The summed E-state index contributed by atoms with van der Waals surface area (Å²) in [4.78, 5) is 10.6. The van der Waals surface area contributed by atoms with Crippen molar-refractivity contribution in [2.75, 3.05) is 7.11 Å². The SMILES string of the molecule is COc1c(C)ccc(C)c1CC(=O)O. The Morgan fingerprint density at radius 1 is 1.36 bits per heavy atom. The molecule has 3 nitrogen and oxygen atoms in total. The highest BCUT2D eigenvalue weighted by molar-refractivity contribution is 5.72. The Hall–Kier alpha value is -1.51. The van der Waals surface area contributed by atoms with Crippen LogP contribution in [0.4, 0.5) is 0 Å². The molecule has 0 bridgehead atoms. The smallest absolute Gasteiger partial charge is 0.307 e. The van der Waals surface area contributed by atoms with Gasteiger partial charge in [-0.05, 0) is 25.0 Å². The average molecular weight is 194 g/mol. The second-order valence-electron chi connectivity index (χ2n) is 3.28. The van der Waals surface area contributed by atoms with E-state index in [4.69, 9.17) is 9.84 Å². The normalized spacial score (nSPS) is 9.93. The van der Waals surface area contributed by atoms with Gasteiger partial charge in [0.25, 0.3) is 0 Å². The summed E-state index contributed by atoms with van der Waals surface area (Å²) in [7, 11) is 1.56. The number of carboxylic acid groups (broad SMARTS) is 1. The van der Waals surface area contributed by atoms with Crippen LogP contribution in [0.2, 0.25) is 0 Å². The van der Waals surface area contributed by atoms with Gasteiger partial charge < -0.3 is 9.84 Å². The minimum Gasteiger partial charge on any atom is -0.496 e. The van der Waals surface area contributed by atoms with Crippen molar-refractivity contribution in [2.45, 2.75) is 20.3 Å². The molecular formula is C11H14O3. The monoisotopic (exact) mass is 194 g/mol. The predicted molar refractivity (Wildman–Crippen MR) is 53.8 cm³/mol. The standard InChI is InChI=1S/C11H14O3/c1-7-4-5-8(2)11(14-3)9(7)6-10(12)13/h4-5H,6H2,1-3H3,(H,12,13). The van der Waals surface area contributed by atoms with E-state index in [-0.39, 0.29) is 6.42 Å². The van der Waals surface area contributed by atoms with Crippen LogP contribution in [0, 0.1) is 13.8 Å². The number of aliphatic carboxylic acids is 1. The van der Waals surface area contributed by atoms with Gasteiger partial charge in [0.05, 0.1) is 13.5 Å². The summed E-state index contributed by atoms with van der Waals surface area (Å²) < 4.78 is 5.19. The van der Waals surface area contributed by atoms with Gasteiger partial charge in [0.1, 0.15) is 5.75 Å². The molecule has 1 aromatic rings. The molecule has 0 aliphatic carbocycles. The third kappa shape index (κ3) is 2.05. The Morgan fingerprint density at radius 3 is 2.43 bits per heavy atom. The number of hydrogen-bond donors (Lipinski definition) is 1. The molecule has 0 atom stereocenters. The Balaban J connectivity index is 3.22. The Kier molecular flexibility index (Phi) is 3.12. The summed E-state index contributed by atoms with van der Waals surface area (Å²) in [5, 5.41) is 8.75. The molecule has 0 aromatic heterocycles. The van der Waals surface area contributed by atoms with Gasteiger partial charge in [-0.2, -0.15) is 0 Å². The molecular weight excluding hydrogens is 180 g/mol.